The normalized spacial score (nSPS) is 20.3. The van der Waals surface area contributed by atoms with Crippen molar-refractivity contribution in [3.8, 4) is 0 Å². The van der Waals surface area contributed by atoms with E-state index in [4.69, 9.17) is 0 Å². The lowest BCUT2D eigenvalue weighted by molar-refractivity contribution is -0.138. The number of piperazine rings is 1. The van der Waals surface area contributed by atoms with Gasteiger partial charge in [-0.15, -0.1) is 0 Å². The molecule has 0 aliphatic carbocycles. The van der Waals surface area contributed by atoms with Crippen molar-refractivity contribution in [2.24, 2.45) is 5.92 Å². The van der Waals surface area contributed by atoms with Gasteiger partial charge >= 0.3 is 6.03 Å². The van der Waals surface area contributed by atoms with Gasteiger partial charge in [-0.05, 0) is 33.6 Å². The molecule has 150 valence electrons. The lowest BCUT2D eigenvalue weighted by Gasteiger charge is -2.39. The van der Waals surface area contributed by atoms with Crippen molar-refractivity contribution in [2.45, 2.75) is 33.6 Å². The summed E-state index contributed by atoms with van der Waals surface area (Å²) >= 11 is 0. The Bertz CT molecular complexity index is 590. The van der Waals surface area contributed by atoms with Gasteiger partial charge in [0.05, 0.1) is 5.75 Å². The molecule has 2 heterocycles. The molecule has 2 aliphatic heterocycles. The molecule has 0 aromatic carbocycles. The van der Waals surface area contributed by atoms with Crippen LogP contribution in [-0.2, 0) is 14.8 Å². The Kier molecular flexibility index (Phi) is 7.28. The molecule has 26 heavy (non-hydrogen) atoms. The molecule has 2 saturated heterocycles. The fraction of sp³-hybridized carbons (Fsp3) is 0.882. The van der Waals surface area contributed by atoms with Gasteiger partial charge in [0.15, 0.2) is 0 Å². The number of amides is 3. The molecule has 9 heteroatoms. The van der Waals surface area contributed by atoms with E-state index in [-0.39, 0.29) is 23.6 Å². The summed E-state index contributed by atoms with van der Waals surface area (Å²) in [4.78, 5) is 30.6. The minimum Gasteiger partial charge on any atom is -0.340 e. The van der Waals surface area contributed by atoms with Gasteiger partial charge < -0.3 is 14.7 Å². The van der Waals surface area contributed by atoms with Crippen molar-refractivity contribution in [3.63, 3.8) is 0 Å². The highest BCUT2D eigenvalue weighted by Crippen LogP contribution is 2.22. The number of piperidine rings is 1. The minimum absolute atomic E-state index is 0.0549. The number of hydrogen-bond donors (Lipinski definition) is 0. The number of carbonyl (C=O) groups is 2. The van der Waals surface area contributed by atoms with Gasteiger partial charge in [-0.25, -0.2) is 13.2 Å². The van der Waals surface area contributed by atoms with Crippen LogP contribution in [0.2, 0.25) is 0 Å². The second-order valence-corrected chi connectivity index (χ2v) is 9.10. The van der Waals surface area contributed by atoms with Crippen molar-refractivity contribution in [3.05, 3.63) is 0 Å². The Balaban J connectivity index is 1.83. The highest BCUT2D eigenvalue weighted by molar-refractivity contribution is 7.89. The summed E-state index contributed by atoms with van der Waals surface area (Å²) in [5, 5.41) is 0. The molecule has 2 rings (SSSR count). The van der Waals surface area contributed by atoms with Crippen LogP contribution >= 0.6 is 0 Å². The van der Waals surface area contributed by atoms with E-state index in [1.54, 1.807) is 16.7 Å². The molecule has 0 aromatic rings. The van der Waals surface area contributed by atoms with Gasteiger partial charge in [0.2, 0.25) is 15.9 Å². The zero-order valence-corrected chi connectivity index (χ0v) is 17.0. The predicted octanol–water partition coefficient (Wildman–Crippen LogP) is 0.654. The summed E-state index contributed by atoms with van der Waals surface area (Å²) in [7, 11) is -3.18. The van der Waals surface area contributed by atoms with Gasteiger partial charge in [-0.3, -0.25) is 4.79 Å². The molecule has 0 saturated carbocycles. The quantitative estimate of drug-likeness (QED) is 0.693. The summed E-state index contributed by atoms with van der Waals surface area (Å²) in [6.07, 6.45) is 1.36. The number of likely N-dealkylation sites (tertiary alicyclic amines) is 1. The van der Waals surface area contributed by atoms with Crippen molar-refractivity contribution < 1.29 is 18.0 Å². The Morgan fingerprint density at radius 3 is 1.88 bits per heavy atom. The maximum atomic E-state index is 12.7. The Labute approximate surface area is 157 Å². The maximum absolute atomic E-state index is 12.7. The minimum atomic E-state index is -3.18. The lowest BCUT2D eigenvalue weighted by Crippen LogP contribution is -2.54. The van der Waals surface area contributed by atoms with Gasteiger partial charge in [0, 0.05) is 58.3 Å². The number of hydrogen-bond acceptors (Lipinski definition) is 4. The van der Waals surface area contributed by atoms with Gasteiger partial charge in [-0.1, -0.05) is 0 Å². The smallest absolute Gasteiger partial charge is 0.319 e. The topological polar surface area (TPSA) is 81.2 Å². The molecule has 0 radical (unpaired) electrons. The standard InChI is InChI=1S/C17H32N4O4S/c1-4-18(5-2)17(23)20-9-7-15(8-10-20)16(22)19-11-13-21(14-12-19)26(24,25)6-3/h15H,4-14H2,1-3H3. The first kappa shape index (κ1) is 21.0. The largest absolute Gasteiger partial charge is 0.340 e. The fourth-order valence-electron chi connectivity index (χ4n) is 3.64. The van der Waals surface area contributed by atoms with E-state index in [1.165, 1.54) is 4.31 Å². The Hall–Kier alpha value is -1.35. The molecule has 2 aliphatic rings. The fourth-order valence-corrected chi connectivity index (χ4v) is 4.72. The molecule has 0 unspecified atom stereocenters. The highest BCUT2D eigenvalue weighted by Gasteiger charge is 2.34. The van der Waals surface area contributed by atoms with Gasteiger partial charge in [0.25, 0.3) is 0 Å². The molecular formula is C17H32N4O4S. The number of sulfonamides is 1. The van der Waals surface area contributed by atoms with Crippen LogP contribution in [0.25, 0.3) is 0 Å². The summed E-state index contributed by atoms with van der Waals surface area (Å²) < 4.78 is 25.3. The summed E-state index contributed by atoms with van der Waals surface area (Å²) in [5.41, 5.74) is 0. The first-order valence-corrected chi connectivity index (χ1v) is 11.2. The summed E-state index contributed by atoms with van der Waals surface area (Å²) in [6, 6.07) is 0.0549. The third kappa shape index (κ3) is 4.68. The first-order chi connectivity index (χ1) is 12.3. The molecule has 0 aromatic heterocycles. The maximum Gasteiger partial charge on any atom is 0.319 e. The molecule has 0 spiro atoms. The molecular weight excluding hydrogens is 356 g/mol. The van der Waals surface area contributed by atoms with Crippen molar-refractivity contribution in [2.75, 3.05) is 58.1 Å². The molecule has 0 N–H and O–H groups in total. The summed E-state index contributed by atoms with van der Waals surface area (Å²) in [5.74, 6) is 0.138. The highest BCUT2D eigenvalue weighted by atomic mass is 32.2. The third-order valence-electron chi connectivity index (χ3n) is 5.46. The number of carbonyl (C=O) groups excluding carboxylic acids is 2. The van der Waals surface area contributed by atoms with Crippen molar-refractivity contribution >= 4 is 22.0 Å². The average molecular weight is 389 g/mol. The number of urea groups is 1. The van der Waals surface area contributed by atoms with Gasteiger partial charge in [0.1, 0.15) is 0 Å². The molecule has 0 bridgehead atoms. The van der Waals surface area contributed by atoms with Crippen LogP contribution in [0.1, 0.15) is 33.6 Å². The second-order valence-electron chi connectivity index (χ2n) is 6.84. The summed E-state index contributed by atoms with van der Waals surface area (Å²) in [6.45, 7) is 9.84. The molecule has 8 nitrogen and oxygen atoms in total. The van der Waals surface area contributed by atoms with E-state index in [0.717, 1.165) is 0 Å². The van der Waals surface area contributed by atoms with Crippen LogP contribution in [-0.4, -0.2) is 97.5 Å². The number of rotatable bonds is 5. The van der Waals surface area contributed by atoms with Crippen LogP contribution in [0.15, 0.2) is 0 Å². The zero-order valence-electron chi connectivity index (χ0n) is 16.2. The van der Waals surface area contributed by atoms with E-state index in [2.05, 4.69) is 0 Å². The molecule has 2 fully saturated rings. The zero-order chi connectivity index (χ0) is 19.3. The van der Waals surface area contributed by atoms with E-state index >= 15 is 0 Å². The van der Waals surface area contributed by atoms with E-state index < -0.39 is 10.0 Å². The monoisotopic (exact) mass is 388 g/mol. The third-order valence-corrected chi connectivity index (χ3v) is 7.34. The second kappa shape index (κ2) is 9.03. The average Bonchev–Trinajstić information content (AvgIpc) is 2.68. The number of nitrogens with zero attached hydrogens (tertiary/aromatic N) is 4. The SMILES string of the molecule is CCN(CC)C(=O)N1CCC(C(=O)N2CCN(S(=O)(=O)CC)CC2)CC1. The van der Waals surface area contributed by atoms with Crippen LogP contribution in [0, 0.1) is 5.92 Å². The van der Waals surface area contributed by atoms with E-state index in [9.17, 15) is 18.0 Å². The van der Waals surface area contributed by atoms with Crippen LogP contribution in [0.5, 0.6) is 0 Å². The van der Waals surface area contributed by atoms with E-state index in [0.29, 0.717) is 65.2 Å². The van der Waals surface area contributed by atoms with Crippen LogP contribution in [0.3, 0.4) is 0 Å². The predicted molar refractivity (Wildman–Crippen MR) is 100 cm³/mol. The Morgan fingerprint density at radius 2 is 1.42 bits per heavy atom. The molecule has 0 atom stereocenters. The molecule has 3 amide bonds. The Morgan fingerprint density at radius 1 is 0.885 bits per heavy atom. The lowest BCUT2D eigenvalue weighted by atomic mass is 9.95. The first-order valence-electron chi connectivity index (χ1n) is 9.64. The van der Waals surface area contributed by atoms with Crippen molar-refractivity contribution in [1.82, 2.24) is 19.0 Å². The van der Waals surface area contributed by atoms with E-state index in [1.807, 2.05) is 18.7 Å². The van der Waals surface area contributed by atoms with Crippen molar-refractivity contribution in [1.29, 1.82) is 0 Å². The van der Waals surface area contributed by atoms with Gasteiger partial charge in [-0.2, -0.15) is 4.31 Å². The van der Waals surface area contributed by atoms with Crippen LogP contribution in [0.4, 0.5) is 4.79 Å². The van der Waals surface area contributed by atoms with Crippen LogP contribution < -0.4 is 0 Å².